The molecule has 1 heterocycles. The van der Waals surface area contributed by atoms with Crippen LogP contribution in [-0.4, -0.2) is 40.7 Å². The number of benzene rings is 2. The Balaban J connectivity index is 1.50. The lowest BCUT2D eigenvalue weighted by Gasteiger charge is -2.28. The normalized spacial score (nSPS) is 13.2. The van der Waals surface area contributed by atoms with Crippen molar-refractivity contribution in [1.29, 1.82) is 0 Å². The van der Waals surface area contributed by atoms with Crippen molar-refractivity contribution in [1.82, 2.24) is 9.88 Å². The monoisotopic (exact) mass is 416 g/mol. The summed E-state index contributed by atoms with van der Waals surface area (Å²) >= 11 is 0. The van der Waals surface area contributed by atoms with Crippen LogP contribution in [0.5, 0.6) is 0 Å². The summed E-state index contributed by atoms with van der Waals surface area (Å²) in [4.78, 5) is 29.6. The molecular formula is C25H24N2O4. The van der Waals surface area contributed by atoms with Crippen molar-refractivity contribution in [2.24, 2.45) is 0 Å². The van der Waals surface area contributed by atoms with E-state index in [1.54, 1.807) is 25.5 Å². The average Bonchev–Trinajstić information content (AvgIpc) is 3.12. The SMILES string of the molecule is CN(C(=O)OCC1c2ccccc2-c2ccccc21)C(CCC(=O)O)c1cccnc1. The first-order valence-corrected chi connectivity index (χ1v) is 10.3. The highest BCUT2D eigenvalue weighted by Gasteiger charge is 2.30. The maximum atomic E-state index is 12.9. The van der Waals surface area contributed by atoms with E-state index in [1.807, 2.05) is 30.3 Å². The molecule has 1 amide bonds. The quantitative estimate of drug-likeness (QED) is 0.594. The minimum atomic E-state index is -0.908. The number of carboxylic acid groups (broad SMARTS) is 1. The molecule has 3 aromatic rings. The van der Waals surface area contributed by atoms with E-state index in [0.717, 1.165) is 16.7 Å². The molecule has 0 saturated heterocycles. The van der Waals surface area contributed by atoms with Crippen LogP contribution in [0.2, 0.25) is 0 Å². The van der Waals surface area contributed by atoms with Crippen LogP contribution in [0.15, 0.2) is 73.1 Å². The molecule has 1 N–H and O–H groups in total. The topological polar surface area (TPSA) is 79.7 Å². The minimum Gasteiger partial charge on any atom is -0.481 e. The van der Waals surface area contributed by atoms with Gasteiger partial charge in [0.1, 0.15) is 6.61 Å². The van der Waals surface area contributed by atoms with Gasteiger partial charge in [0.05, 0.1) is 6.04 Å². The molecule has 1 atom stereocenters. The van der Waals surface area contributed by atoms with Crippen molar-refractivity contribution >= 4 is 12.1 Å². The maximum Gasteiger partial charge on any atom is 0.410 e. The summed E-state index contributed by atoms with van der Waals surface area (Å²) in [6.45, 7) is 0.218. The number of carbonyl (C=O) groups is 2. The van der Waals surface area contributed by atoms with Crippen LogP contribution in [0.25, 0.3) is 11.1 Å². The molecule has 6 nitrogen and oxygen atoms in total. The molecule has 0 spiro atoms. The second-order valence-corrected chi connectivity index (χ2v) is 7.65. The molecule has 4 rings (SSSR count). The van der Waals surface area contributed by atoms with Crippen molar-refractivity contribution < 1.29 is 19.4 Å². The molecule has 1 unspecified atom stereocenters. The molecule has 0 bridgehead atoms. The molecule has 1 aliphatic rings. The third kappa shape index (κ3) is 4.28. The Morgan fingerprint density at radius 2 is 1.68 bits per heavy atom. The summed E-state index contributed by atoms with van der Waals surface area (Å²) < 4.78 is 5.73. The van der Waals surface area contributed by atoms with Gasteiger partial charge in [-0.3, -0.25) is 9.78 Å². The van der Waals surface area contributed by atoms with Gasteiger partial charge in [-0.1, -0.05) is 54.6 Å². The average molecular weight is 416 g/mol. The fourth-order valence-electron chi connectivity index (χ4n) is 4.24. The number of rotatable bonds is 7. The largest absolute Gasteiger partial charge is 0.481 e. The van der Waals surface area contributed by atoms with Crippen LogP contribution in [0.3, 0.4) is 0 Å². The van der Waals surface area contributed by atoms with Crippen LogP contribution in [-0.2, 0) is 9.53 Å². The number of aromatic nitrogens is 1. The fraction of sp³-hybridized carbons (Fsp3) is 0.240. The van der Waals surface area contributed by atoms with Crippen LogP contribution < -0.4 is 0 Å². The van der Waals surface area contributed by atoms with Gasteiger partial charge in [-0.15, -0.1) is 0 Å². The first kappa shape index (κ1) is 20.6. The van der Waals surface area contributed by atoms with Gasteiger partial charge >= 0.3 is 12.1 Å². The Hall–Kier alpha value is -3.67. The summed E-state index contributed by atoms with van der Waals surface area (Å²) in [5, 5.41) is 9.11. The Morgan fingerprint density at radius 1 is 1.03 bits per heavy atom. The number of nitrogens with zero attached hydrogens (tertiary/aromatic N) is 2. The second kappa shape index (κ2) is 9.00. The van der Waals surface area contributed by atoms with Gasteiger partial charge in [0.25, 0.3) is 0 Å². The summed E-state index contributed by atoms with van der Waals surface area (Å²) in [5.41, 5.74) is 5.41. The van der Waals surface area contributed by atoms with Crippen molar-refractivity contribution in [2.45, 2.75) is 24.8 Å². The molecule has 1 aliphatic carbocycles. The molecule has 0 radical (unpaired) electrons. The highest BCUT2D eigenvalue weighted by atomic mass is 16.6. The van der Waals surface area contributed by atoms with Crippen molar-refractivity contribution in [3.63, 3.8) is 0 Å². The summed E-state index contributed by atoms with van der Waals surface area (Å²) in [7, 11) is 1.64. The van der Waals surface area contributed by atoms with Crippen LogP contribution in [0.1, 0.15) is 41.5 Å². The first-order chi connectivity index (χ1) is 15.1. The number of carboxylic acids is 1. The molecule has 0 saturated carbocycles. The maximum absolute atomic E-state index is 12.9. The number of hydrogen-bond acceptors (Lipinski definition) is 4. The standard InChI is InChI=1S/C25H24N2O4/c1-27(23(12-13-24(28)29)17-7-6-14-26-15-17)25(30)31-16-22-20-10-4-2-8-18(20)19-9-3-5-11-21(19)22/h2-11,14-15,22-23H,12-13,16H2,1H3,(H,28,29). The molecule has 158 valence electrons. The summed E-state index contributed by atoms with van der Waals surface area (Å²) in [6.07, 6.45) is 3.04. The predicted molar refractivity (Wildman–Crippen MR) is 117 cm³/mol. The third-order valence-corrected chi connectivity index (χ3v) is 5.79. The van der Waals surface area contributed by atoms with Crippen molar-refractivity contribution in [3.05, 3.63) is 89.7 Å². The van der Waals surface area contributed by atoms with Crippen LogP contribution in [0, 0.1) is 0 Å². The Labute approximate surface area is 181 Å². The zero-order chi connectivity index (χ0) is 21.8. The number of pyridine rings is 1. The lowest BCUT2D eigenvalue weighted by molar-refractivity contribution is -0.137. The van der Waals surface area contributed by atoms with E-state index in [4.69, 9.17) is 9.84 Å². The van der Waals surface area contributed by atoms with Gasteiger partial charge in [0.15, 0.2) is 0 Å². The van der Waals surface area contributed by atoms with E-state index in [2.05, 4.69) is 29.2 Å². The van der Waals surface area contributed by atoms with E-state index in [1.165, 1.54) is 16.0 Å². The van der Waals surface area contributed by atoms with Gasteiger partial charge in [0.2, 0.25) is 0 Å². The number of fused-ring (bicyclic) bond motifs is 3. The van der Waals surface area contributed by atoms with Crippen molar-refractivity contribution in [2.75, 3.05) is 13.7 Å². The molecule has 6 heteroatoms. The van der Waals surface area contributed by atoms with E-state index >= 15 is 0 Å². The lowest BCUT2D eigenvalue weighted by Crippen LogP contribution is -2.33. The zero-order valence-corrected chi connectivity index (χ0v) is 17.3. The van der Waals surface area contributed by atoms with E-state index in [0.29, 0.717) is 0 Å². The number of carbonyl (C=O) groups excluding carboxylic acids is 1. The van der Waals surface area contributed by atoms with E-state index < -0.39 is 18.1 Å². The molecule has 0 fully saturated rings. The summed E-state index contributed by atoms with van der Waals surface area (Å²) in [6, 6.07) is 19.5. The molecule has 0 aliphatic heterocycles. The van der Waals surface area contributed by atoms with Gasteiger partial charge in [0, 0.05) is 31.8 Å². The first-order valence-electron chi connectivity index (χ1n) is 10.3. The van der Waals surface area contributed by atoms with Crippen LogP contribution >= 0.6 is 0 Å². The molecule has 1 aromatic heterocycles. The minimum absolute atomic E-state index is 0.0272. The highest BCUT2D eigenvalue weighted by molar-refractivity contribution is 5.79. The summed E-state index contributed by atoms with van der Waals surface area (Å²) in [5.74, 6) is -0.935. The number of hydrogen-bond donors (Lipinski definition) is 1. The highest BCUT2D eigenvalue weighted by Crippen LogP contribution is 2.44. The predicted octanol–water partition coefficient (Wildman–Crippen LogP) is 4.87. The van der Waals surface area contributed by atoms with Gasteiger partial charge in [-0.25, -0.2) is 4.79 Å². The van der Waals surface area contributed by atoms with Crippen LogP contribution in [0.4, 0.5) is 4.79 Å². The van der Waals surface area contributed by atoms with Gasteiger partial charge in [-0.05, 0) is 40.3 Å². The Bertz CT molecular complexity index is 1040. The smallest absolute Gasteiger partial charge is 0.410 e. The molecule has 2 aromatic carbocycles. The lowest BCUT2D eigenvalue weighted by atomic mass is 9.98. The Kier molecular flexibility index (Phi) is 5.98. The number of aliphatic carboxylic acids is 1. The van der Waals surface area contributed by atoms with Crippen molar-refractivity contribution in [3.8, 4) is 11.1 Å². The van der Waals surface area contributed by atoms with Gasteiger partial charge < -0.3 is 14.7 Å². The molecule has 31 heavy (non-hydrogen) atoms. The van der Waals surface area contributed by atoms with Gasteiger partial charge in [-0.2, -0.15) is 0 Å². The third-order valence-electron chi connectivity index (χ3n) is 5.79. The zero-order valence-electron chi connectivity index (χ0n) is 17.3. The Morgan fingerprint density at radius 3 is 2.26 bits per heavy atom. The number of amides is 1. The molecular weight excluding hydrogens is 392 g/mol. The number of ether oxygens (including phenoxy) is 1. The van der Waals surface area contributed by atoms with E-state index in [9.17, 15) is 9.59 Å². The fourth-order valence-corrected chi connectivity index (χ4v) is 4.24. The van der Waals surface area contributed by atoms with E-state index in [-0.39, 0.29) is 25.4 Å². The second-order valence-electron chi connectivity index (χ2n) is 7.65.